The first-order valence-electron chi connectivity index (χ1n) is 4.35. The minimum atomic E-state index is 0. The van der Waals surface area contributed by atoms with Gasteiger partial charge in [0.15, 0.2) is 0 Å². The Morgan fingerprint density at radius 1 is 1.36 bits per heavy atom. The Morgan fingerprint density at radius 2 is 1.93 bits per heavy atom. The summed E-state index contributed by atoms with van der Waals surface area (Å²) in [7, 11) is 0. The van der Waals surface area contributed by atoms with E-state index in [0.717, 1.165) is 11.3 Å². The largest absolute Gasteiger partial charge is 0.326 e. The fraction of sp³-hybridized carbons (Fsp3) is 0.300. The van der Waals surface area contributed by atoms with E-state index in [4.69, 9.17) is 5.73 Å². The van der Waals surface area contributed by atoms with Gasteiger partial charge in [-0.3, -0.25) is 4.79 Å². The molecule has 78 valence electrons. The van der Waals surface area contributed by atoms with Crippen LogP contribution in [-0.2, 0) is 11.3 Å². The predicted octanol–water partition coefficient (Wildman–Crippen LogP) is 1.92. The van der Waals surface area contributed by atoms with Gasteiger partial charge in [-0.15, -0.1) is 12.4 Å². The van der Waals surface area contributed by atoms with Crippen LogP contribution in [0.1, 0.15) is 18.9 Å². The molecule has 0 aliphatic heterocycles. The molecule has 0 aliphatic rings. The normalized spacial score (nSPS) is 9.00. The minimum Gasteiger partial charge on any atom is -0.326 e. The van der Waals surface area contributed by atoms with E-state index < -0.39 is 0 Å². The summed E-state index contributed by atoms with van der Waals surface area (Å²) in [4.78, 5) is 11.0. The van der Waals surface area contributed by atoms with Gasteiger partial charge in [0.05, 0.1) is 0 Å². The molecule has 0 saturated heterocycles. The van der Waals surface area contributed by atoms with E-state index in [0.29, 0.717) is 13.0 Å². The number of rotatable bonds is 3. The van der Waals surface area contributed by atoms with E-state index in [2.05, 4.69) is 5.32 Å². The van der Waals surface area contributed by atoms with Crippen LogP contribution >= 0.6 is 12.4 Å². The lowest BCUT2D eigenvalue weighted by molar-refractivity contribution is -0.115. The van der Waals surface area contributed by atoms with Gasteiger partial charge < -0.3 is 11.1 Å². The number of nitrogens with two attached hydrogens (primary N) is 1. The second-order valence-corrected chi connectivity index (χ2v) is 2.80. The summed E-state index contributed by atoms with van der Waals surface area (Å²) >= 11 is 0. The maximum Gasteiger partial charge on any atom is 0.224 e. The zero-order valence-electron chi connectivity index (χ0n) is 8.12. The lowest BCUT2D eigenvalue weighted by Gasteiger charge is -2.03. The van der Waals surface area contributed by atoms with E-state index in [-0.39, 0.29) is 18.3 Å². The second kappa shape index (κ2) is 6.40. The van der Waals surface area contributed by atoms with Gasteiger partial charge in [-0.1, -0.05) is 19.1 Å². The molecule has 0 saturated carbocycles. The van der Waals surface area contributed by atoms with Gasteiger partial charge in [0.1, 0.15) is 0 Å². The van der Waals surface area contributed by atoms with Crippen LogP contribution in [0.5, 0.6) is 0 Å². The summed E-state index contributed by atoms with van der Waals surface area (Å²) in [5.74, 6) is 0.0282. The molecule has 1 rings (SSSR count). The van der Waals surface area contributed by atoms with E-state index in [1.165, 1.54) is 0 Å². The van der Waals surface area contributed by atoms with Crippen LogP contribution in [-0.4, -0.2) is 5.91 Å². The number of nitrogens with one attached hydrogen (secondary N) is 1. The van der Waals surface area contributed by atoms with Gasteiger partial charge in [-0.2, -0.15) is 0 Å². The van der Waals surface area contributed by atoms with E-state index in [1.807, 2.05) is 31.2 Å². The van der Waals surface area contributed by atoms with Crippen LogP contribution in [0, 0.1) is 0 Å². The van der Waals surface area contributed by atoms with Crippen molar-refractivity contribution < 1.29 is 4.79 Å². The molecule has 1 aromatic carbocycles. The fourth-order valence-corrected chi connectivity index (χ4v) is 0.974. The van der Waals surface area contributed by atoms with E-state index in [1.54, 1.807) is 0 Å². The Hall–Kier alpha value is -1.06. The number of hydrogen-bond acceptors (Lipinski definition) is 2. The lowest BCUT2D eigenvalue weighted by atomic mass is 10.2. The van der Waals surface area contributed by atoms with Crippen LogP contribution in [0.2, 0.25) is 0 Å². The molecule has 3 nitrogen and oxygen atoms in total. The highest BCUT2D eigenvalue weighted by atomic mass is 35.5. The highest BCUT2D eigenvalue weighted by molar-refractivity contribution is 5.90. The van der Waals surface area contributed by atoms with Gasteiger partial charge >= 0.3 is 0 Å². The summed E-state index contributed by atoms with van der Waals surface area (Å²) < 4.78 is 0. The lowest BCUT2D eigenvalue weighted by Crippen LogP contribution is -2.09. The summed E-state index contributed by atoms with van der Waals surface area (Å²) in [6, 6.07) is 7.53. The molecule has 0 unspecified atom stereocenters. The molecule has 0 aromatic heterocycles. The Labute approximate surface area is 90.1 Å². The summed E-state index contributed by atoms with van der Waals surface area (Å²) in [5, 5.41) is 2.76. The van der Waals surface area contributed by atoms with Crippen molar-refractivity contribution in [1.29, 1.82) is 0 Å². The third-order valence-electron chi connectivity index (χ3n) is 1.79. The van der Waals surface area contributed by atoms with Crippen molar-refractivity contribution in [3.05, 3.63) is 29.8 Å². The van der Waals surface area contributed by atoms with Crippen molar-refractivity contribution in [2.45, 2.75) is 19.9 Å². The molecule has 0 aliphatic carbocycles. The average Bonchev–Trinajstić information content (AvgIpc) is 2.19. The van der Waals surface area contributed by atoms with Crippen molar-refractivity contribution >= 4 is 24.0 Å². The van der Waals surface area contributed by atoms with Crippen LogP contribution in [0.15, 0.2) is 24.3 Å². The topological polar surface area (TPSA) is 55.1 Å². The van der Waals surface area contributed by atoms with Gasteiger partial charge in [-0.25, -0.2) is 0 Å². The first-order chi connectivity index (χ1) is 6.26. The minimum absolute atomic E-state index is 0. The molecule has 0 heterocycles. The number of benzene rings is 1. The van der Waals surface area contributed by atoms with Crippen molar-refractivity contribution in [2.75, 3.05) is 5.32 Å². The van der Waals surface area contributed by atoms with Gasteiger partial charge in [-0.05, 0) is 17.7 Å². The Bertz CT molecular complexity index is 285. The third kappa shape index (κ3) is 3.77. The van der Waals surface area contributed by atoms with E-state index in [9.17, 15) is 4.79 Å². The monoisotopic (exact) mass is 214 g/mol. The highest BCUT2D eigenvalue weighted by Gasteiger charge is 1.97. The maximum absolute atomic E-state index is 11.0. The fourth-order valence-electron chi connectivity index (χ4n) is 0.974. The zero-order valence-corrected chi connectivity index (χ0v) is 8.93. The number of carbonyl (C=O) groups excluding carboxylic acids is 1. The molecule has 0 bridgehead atoms. The summed E-state index contributed by atoms with van der Waals surface area (Å²) in [6.07, 6.45) is 0.499. The maximum atomic E-state index is 11.0. The summed E-state index contributed by atoms with van der Waals surface area (Å²) in [5.41, 5.74) is 7.33. The first-order valence-corrected chi connectivity index (χ1v) is 4.35. The van der Waals surface area contributed by atoms with Gasteiger partial charge in [0.2, 0.25) is 5.91 Å². The Kier molecular flexibility index (Phi) is 5.92. The van der Waals surface area contributed by atoms with Crippen LogP contribution in [0.25, 0.3) is 0 Å². The molecule has 0 atom stereocenters. The quantitative estimate of drug-likeness (QED) is 0.808. The average molecular weight is 215 g/mol. The molecular formula is C10H15ClN2O. The molecule has 3 N–H and O–H groups in total. The predicted molar refractivity (Wildman–Crippen MR) is 60.5 cm³/mol. The molecular weight excluding hydrogens is 200 g/mol. The second-order valence-electron chi connectivity index (χ2n) is 2.80. The molecule has 1 aromatic rings. The molecule has 14 heavy (non-hydrogen) atoms. The Morgan fingerprint density at radius 3 is 2.36 bits per heavy atom. The van der Waals surface area contributed by atoms with Crippen molar-refractivity contribution in [3.8, 4) is 0 Å². The molecule has 4 heteroatoms. The molecule has 0 spiro atoms. The van der Waals surface area contributed by atoms with E-state index >= 15 is 0 Å². The van der Waals surface area contributed by atoms with Gasteiger partial charge in [0.25, 0.3) is 0 Å². The smallest absolute Gasteiger partial charge is 0.224 e. The first kappa shape index (κ1) is 12.9. The molecule has 1 amide bonds. The number of hydrogen-bond donors (Lipinski definition) is 2. The van der Waals surface area contributed by atoms with Crippen LogP contribution in [0.4, 0.5) is 5.69 Å². The van der Waals surface area contributed by atoms with Crippen LogP contribution in [0.3, 0.4) is 0 Å². The van der Waals surface area contributed by atoms with Crippen molar-refractivity contribution in [2.24, 2.45) is 5.73 Å². The van der Waals surface area contributed by atoms with Crippen LogP contribution < -0.4 is 11.1 Å². The van der Waals surface area contributed by atoms with Gasteiger partial charge in [0, 0.05) is 18.7 Å². The SMILES string of the molecule is CCC(=O)Nc1ccc(CN)cc1.Cl. The zero-order chi connectivity index (χ0) is 9.68. The standard InChI is InChI=1S/C10H14N2O.ClH/c1-2-10(13)12-9-5-3-8(7-11)4-6-9;/h3-6H,2,7,11H2,1H3,(H,12,13);1H. The number of anilines is 1. The van der Waals surface area contributed by atoms with Crippen molar-refractivity contribution in [1.82, 2.24) is 0 Å². The highest BCUT2D eigenvalue weighted by Crippen LogP contribution is 2.08. The number of halogens is 1. The molecule has 0 fully saturated rings. The Balaban J connectivity index is 0.00000169. The number of amides is 1. The van der Waals surface area contributed by atoms with Crippen molar-refractivity contribution in [3.63, 3.8) is 0 Å². The third-order valence-corrected chi connectivity index (χ3v) is 1.79. The molecule has 0 radical (unpaired) electrons. The summed E-state index contributed by atoms with van der Waals surface area (Å²) in [6.45, 7) is 2.35. The number of carbonyl (C=O) groups is 1.